The van der Waals surface area contributed by atoms with Gasteiger partial charge in [0.05, 0.1) is 5.69 Å². The van der Waals surface area contributed by atoms with Crippen LogP contribution in [0.1, 0.15) is 35.0 Å². The first-order valence-electron chi connectivity index (χ1n) is 8.39. The Balaban J connectivity index is 1.63. The topological polar surface area (TPSA) is 45.6 Å². The zero-order valence-corrected chi connectivity index (χ0v) is 14.5. The summed E-state index contributed by atoms with van der Waals surface area (Å²) in [5, 5.41) is 9.39. The van der Waals surface area contributed by atoms with Crippen LogP contribution in [-0.4, -0.2) is 21.3 Å². The lowest BCUT2D eigenvalue weighted by Crippen LogP contribution is -2.17. The average molecular weight is 310 g/mol. The van der Waals surface area contributed by atoms with Crippen molar-refractivity contribution < 1.29 is 0 Å². The minimum Gasteiger partial charge on any atom is -0.361 e. The highest BCUT2D eigenvalue weighted by Crippen LogP contribution is 2.22. The molecular weight excluding hydrogens is 284 g/mol. The summed E-state index contributed by atoms with van der Waals surface area (Å²) in [4.78, 5) is 3.45. The van der Waals surface area contributed by atoms with Gasteiger partial charge in [0.25, 0.3) is 0 Å². The van der Waals surface area contributed by atoms with Gasteiger partial charge in [-0.2, -0.15) is 5.10 Å². The number of para-hydroxylation sites is 1. The number of aromatic amines is 1. The molecule has 2 heterocycles. The number of hydrogen-bond acceptors (Lipinski definition) is 2. The lowest BCUT2D eigenvalue weighted by Gasteiger charge is -2.06. The molecule has 0 aliphatic carbocycles. The van der Waals surface area contributed by atoms with Gasteiger partial charge in [0, 0.05) is 41.9 Å². The molecule has 4 nitrogen and oxygen atoms in total. The summed E-state index contributed by atoms with van der Waals surface area (Å²) in [7, 11) is 2.00. The van der Waals surface area contributed by atoms with Crippen molar-refractivity contribution in [3.63, 3.8) is 0 Å². The second-order valence-corrected chi connectivity index (χ2v) is 6.21. The van der Waals surface area contributed by atoms with Crippen molar-refractivity contribution in [1.29, 1.82) is 0 Å². The molecule has 0 spiro atoms. The van der Waals surface area contributed by atoms with Gasteiger partial charge < -0.3 is 10.3 Å². The van der Waals surface area contributed by atoms with E-state index in [1.165, 1.54) is 33.3 Å². The number of aryl methyl sites for hydroxylation is 3. The van der Waals surface area contributed by atoms with E-state index in [4.69, 9.17) is 0 Å². The molecule has 0 atom stereocenters. The van der Waals surface area contributed by atoms with Gasteiger partial charge in [-0.15, -0.1) is 0 Å². The van der Waals surface area contributed by atoms with Crippen LogP contribution in [0.4, 0.5) is 0 Å². The monoisotopic (exact) mass is 310 g/mol. The first kappa shape index (κ1) is 15.8. The SMILES string of the molecule is CCc1cccc2c(CCNCc3c(C)nn(C)c3C)c[nH]c12. The maximum Gasteiger partial charge on any atom is 0.0641 e. The Morgan fingerprint density at radius 1 is 1.22 bits per heavy atom. The third-order valence-electron chi connectivity index (χ3n) is 4.80. The number of nitrogens with zero attached hydrogens (tertiary/aromatic N) is 2. The highest BCUT2D eigenvalue weighted by molar-refractivity contribution is 5.86. The fourth-order valence-electron chi connectivity index (χ4n) is 3.29. The van der Waals surface area contributed by atoms with Gasteiger partial charge >= 0.3 is 0 Å². The van der Waals surface area contributed by atoms with Crippen molar-refractivity contribution in [2.45, 2.75) is 40.2 Å². The van der Waals surface area contributed by atoms with E-state index in [-0.39, 0.29) is 0 Å². The third kappa shape index (κ3) is 3.04. The summed E-state index contributed by atoms with van der Waals surface area (Å²) >= 11 is 0. The lowest BCUT2D eigenvalue weighted by molar-refractivity contribution is 0.680. The van der Waals surface area contributed by atoms with E-state index in [1.807, 2.05) is 11.7 Å². The molecule has 0 aliphatic heterocycles. The predicted molar refractivity (Wildman–Crippen MR) is 95.8 cm³/mol. The summed E-state index contributed by atoms with van der Waals surface area (Å²) in [6.07, 6.45) is 4.26. The normalized spacial score (nSPS) is 11.5. The number of fused-ring (bicyclic) bond motifs is 1. The summed E-state index contributed by atoms with van der Waals surface area (Å²) in [5.74, 6) is 0. The van der Waals surface area contributed by atoms with Crippen molar-refractivity contribution in [3.05, 3.63) is 52.5 Å². The minimum atomic E-state index is 0.883. The average Bonchev–Trinajstić information content (AvgIpc) is 3.06. The molecule has 2 aromatic heterocycles. The Kier molecular flexibility index (Phi) is 4.53. The van der Waals surface area contributed by atoms with Crippen molar-refractivity contribution in [1.82, 2.24) is 20.1 Å². The molecule has 0 fully saturated rings. The van der Waals surface area contributed by atoms with Gasteiger partial charge in [0.2, 0.25) is 0 Å². The van der Waals surface area contributed by atoms with Gasteiger partial charge in [-0.3, -0.25) is 4.68 Å². The summed E-state index contributed by atoms with van der Waals surface area (Å²) in [6, 6.07) is 6.58. The van der Waals surface area contributed by atoms with Crippen LogP contribution in [0.5, 0.6) is 0 Å². The zero-order valence-electron chi connectivity index (χ0n) is 14.5. The summed E-state index contributed by atoms with van der Waals surface area (Å²) in [5.41, 5.74) is 7.77. The smallest absolute Gasteiger partial charge is 0.0641 e. The molecule has 2 N–H and O–H groups in total. The van der Waals surface area contributed by atoms with E-state index in [0.29, 0.717) is 0 Å². The van der Waals surface area contributed by atoms with Gasteiger partial charge in [-0.05, 0) is 44.4 Å². The molecular formula is C19H26N4. The van der Waals surface area contributed by atoms with Crippen molar-refractivity contribution in [2.24, 2.45) is 7.05 Å². The number of benzene rings is 1. The van der Waals surface area contributed by atoms with Gasteiger partial charge in [0.15, 0.2) is 0 Å². The second-order valence-electron chi connectivity index (χ2n) is 6.21. The summed E-state index contributed by atoms with van der Waals surface area (Å²) < 4.78 is 1.96. The van der Waals surface area contributed by atoms with Crippen molar-refractivity contribution in [2.75, 3.05) is 6.54 Å². The second kappa shape index (κ2) is 6.59. The molecule has 3 rings (SSSR count). The van der Waals surface area contributed by atoms with Crippen LogP contribution < -0.4 is 5.32 Å². The summed E-state index contributed by atoms with van der Waals surface area (Å²) in [6.45, 7) is 8.26. The Bertz CT molecular complexity index is 810. The molecule has 4 heteroatoms. The molecule has 0 radical (unpaired) electrons. The number of nitrogens with one attached hydrogen (secondary N) is 2. The highest BCUT2D eigenvalue weighted by atomic mass is 15.3. The quantitative estimate of drug-likeness (QED) is 0.685. The first-order valence-corrected chi connectivity index (χ1v) is 8.39. The molecule has 0 saturated heterocycles. The molecule has 23 heavy (non-hydrogen) atoms. The van der Waals surface area contributed by atoms with Crippen LogP contribution in [0.15, 0.2) is 24.4 Å². The first-order chi connectivity index (χ1) is 11.1. The molecule has 0 amide bonds. The maximum atomic E-state index is 4.47. The van der Waals surface area contributed by atoms with E-state index in [0.717, 1.165) is 31.6 Å². The van der Waals surface area contributed by atoms with Crippen molar-refractivity contribution >= 4 is 10.9 Å². The highest BCUT2D eigenvalue weighted by Gasteiger charge is 2.09. The Hall–Kier alpha value is -2.07. The standard InChI is InChI=1S/C19H26N4/c1-5-15-7-6-8-17-16(11-21-19(15)17)9-10-20-12-18-13(2)22-23(4)14(18)3/h6-8,11,20-21H,5,9-10,12H2,1-4H3. The Morgan fingerprint density at radius 3 is 2.74 bits per heavy atom. The number of rotatable bonds is 6. The number of aromatic nitrogens is 3. The minimum absolute atomic E-state index is 0.883. The van der Waals surface area contributed by atoms with E-state index < -0.39 is 0 Å². The molecule has 0 aliphatic rings. The van der Waals surface area contributed by atoms with Gasteiger partial charge in [0.1, 0.15) is 0 Å². The van der Waals surface area contributed by atoms with Crippen LogP contribution in [0.25, 0.3) is 10.9 Å². The predicted octanol–water partition coefficient (Wildman–Crippen LogP) is 3.41. The van der Waals surface area contributed by atoms with Crippen molar-refractivity contribution in [3.8, 4) is 0 Å². The maximum absolute atomic E-state index is 4.47. The zero-order chi connectivity index (χ0) is 16.4. The van der Waals surface area contributed by atoms with E-state index >= 15 is 0 Å². The van der Waals surface area contributed by atoms with Crippen LogP contribution in [0, 0.1) is 13.8 Å². The van der Waals surface area contributed by atoms with E-state index in [2.05, 4.69) is 60.6 Å². The van der Waals surface area contributed by atoms with Gasteiger partial charge in [-0.25, -0.2) is 0 Å². The molecule has 122 valence electrons. The molecule has 0 unspecified atom stereocenters. The van der Waals surface area contributed by atoms with Crippen LogP contribution in [-0.2, 0) is 26.4 Å². The molecule has 1 aromatic carbocycles. The number of hydrogen-bond donors (Lipinski definition) is 2. The Morgan fingerprint density at radius 2 is 2.04 bits per heavy atom. The van der Waals surface area contributed by atoms with E-state index in [9.17, 15) is 0 Å². The van der Waals surface area contributed by atoms with Gasteiger partial charge in [-0.1, -0.05) is 25.1 Å². The largest absolute Gasteiger partial charge is 0.361 e. The fraction of sp³-hybridized carbons (Fsp3) is 0.421. The molecule has 0 bridgehead atoms. The van der Waals surface area contributed by atoms with Crippen LogP contribution >= 0.6 is 0 Å². The van der Waals surface area contributed by atoms with E-state index in [1.54, 1.807) is 0 Å². The number of H-pyrrole nitrogens is 1. The third-order valence-corrected chi connectivity index (χ3v) is 4.80. The van der Waals surface area contributed by atoms with Crippen LogP contribution in [0.2, 0.25) is 0 Å². The molecule has 3 aromatic rings. The molecule has 0 saturated carbocycles. The fourth-order valence-corrected chi connectivity index (χ4v) is 3.29. The van der Waals surface area contributed by atoms with Crippen LogP contribution in [0.3, 0.4) is 0 Å². The Labute approximate surface area is 137 Å². The lowest BCUT2D eigenvalue weighted by atomic mass is 10.1.